The number of nitrogens with zero attached hydrogens (tertiary/aromatic N) is 2. The van der Waals surface area contributed by atoms with Gasteiger partial charge in [-0.1, -0.05) is 33.6 Å². The predicted octanol–water partition coefficient (Wildman–Crippen LogP) is 3.26. The first-order valence-electron chi connectivity index (χ1n) is 5.13. The molecule has 2 rings (SSSR count). The summed E-state index contributed by atoms with van der Waals surface area (Å²) in [7, 11) is 0. The number of pyridine rings is 1. The standard InChI is InChI=1S/C13H8BrClN2O/c14-6-12-5-13(18)9(7-16)8-17(12)11-3-1-2-10(15)4-11/h1-5,8H,6H2. The van der Waals surface area contributed by atoms with E-state index in [0.717, 1.165) is 11.4 Å². The van der Waals surface area contributed by atoms with Crippen molar-refractivity contribution in [1.82, 2.24) is 4.57 Å². The highest BCUT2D eigenvalue weighted by molar-refractivity contribution is 9.08. The third kappa shape index (κ3) is 2.47. The number of alkyl halides is 1. The Kier molecular flexibility index (Phi) is 3.85. The molecule has 0 N–H and O–H groups in total. The first-order chi connectivity index (χ1) is 8.65. The number of hydrogen-bond acceptors (Lipinski definition) is 2. The van der Waals surface area contributed by atoms with Gasteiger partial charge < -0.3 is 4.57 Å². The highest BCUT2D eigenvalue weighted by Crippen LogP contribution is 2.17. The van der Waals surface area contributed by atoms with Crippen molar-refractivity contribution >= 4 is 27.5 Å². The number of halogens is 2. The molecule has 0 radical (unpaired) electrons. The molecule has 0 amide bonds. The van der Waals surface area contributed by atoms with Crippen molar-refractivity contribution in [1.29, 1.82) is 5.26 Å². The van der Waals surface area contributed by atoms with Gasteiger partial charge in [0, 0.05) is 34.0 Å². The van der Waals surface area contributed by atoms with Crippen molar-refractivity contribution in [3.05, 3.63) is 63.0 Å². The maximum Gasteiger partial charge on any atom is 0.199 e. The van der Waals surface area contributed by atoms with Crippen LogP contribution in [0.2, 0.25) is 5.02 Å². The van der Waals surface area contributed by atoms with Crippen LogP contribution in [0.3, 0.4) is 0 Å². The second-order valence-electron chi connectivity index (χ2n) is 3.64. The molecule has 90 valence electrons. The molecule has 0 atom stereocenters. The second kappa shape index (κ2) is 5.38. The van der Waals surface area contributed by atoms with E-state index < -0.39 is 0 Å². The smallest absolute Gasteiger partial charge is 0.199 e. The quantitative estimate of drug-likeness (QED) is 0.796. The van der Waals surface area contributed by atoms with Crippen LogP contribution in [0.25, 0.3) is 5.69 Å². The third-order valence-electron chi connectivity index (χ3n) is 2.47. The van der Waals surface area contributed by atoms with E-state index in [2.05, 4.69) is 15.9 Å². The molecule has 0 unspecified atom stereocenters. The van der Waals surface area contributed by atoms with Crippen LogP contribution in [-0.4, -0.2) is 4.57 Å². The van der Waals surface area contributed by atoms with Gasteiger partial charge in [0.05, 0.1) is 0 Å². The first-order valence-corrected chi connectivity index (χ1v) is 6.63. The lowest BCUT2D eigenvalue weighted by molar-refractivity contribution is 0.961. The van der Waals surface area contributed by atoms with Gasteiger partial charge in [-0.15, -0.1) is 0 Å². The summed E-state index contributed by atoms with van der Waals surface area (Å²) in [5, 5.41) is 10.0. The number of nitriles is 1. The average Bonchev–Trinajstić information content (AvgIpc) is 2.38. The Labute approximate surface area is 117 Å². The first kappa shape index (κ1) is 12.9. The number of aromatic nitrogens is 1. The molecular formula is C13H8BrClN2O. The molecule has 0 aliphatic rings. The molecule has 0 spiro atoms. The van der Waals surface area contributed by atoms with Crippen LogP contribution in [0.1, 0.15) is 11.3 Å². The zero-order chi connectivity index (χ0) is 13.1. The van der Waals surface area contributed by atoms with Gasteiger partial charge in [-0.2, -0.15) is 5.26 Å². The largest absolute Gasteiger partial charge is 0.318 e. The van der Waals surface area contributed by atoms with Gasteiger partial charge in [0.15, 0.2) is 5.43 Å². The van der Waals surface area contributed by atoms with E-state index in [4.69, 9.17) is 16.9 Å². The van der Waals surface area contributed by atoms with E-state index in [1.807, 2.05) is 18.2 Å². The maximum absolute atomic E-state index is 11.6. The van der Waals surface area contributed by atoms with Gasteiger partial charge in [0.1, 0.15) is 11.6 Å². The van der Waals surface area contributed by atoms with Crippen LogP contribution < -0.4 is 5.43 Å². The molecule has 0 aliphatic carbocycles. The molecule has 1 aromatic heterocycles. The molecule has 0 fully saturated rings. The van der Waals surface area contributed by atoms with E-state index in [0.29, 0.717) is 10.4 Å². The molecule has 1 aromatic carbocycles. The van der Waals surface area contributed by atoms with Crippen molar-refractivity contribution in [3.8, 4) is 11.8 Å². The minimum Gasteiger partial charge on any atom is -0.318 e. The van der Waals surface area contributed by atoms with Gasteiger partial charge in [0.2, 0.25) is 0 Å². The summed E-state index contributed by atoms with van der Waals surface area (Å²) in [6.45, 7) is 0. The monoisotopic (exact) mass is 322 g/mol. The van der Waals surface area contributed by atoms with Gasteiger partial charge in [-0.05, 0) is 18.2 Å². The average molecular weight is 324 g/mol. The Morgan fingerprint density at radius 2 is 2.17 bits per heavy atom. The summed E-state index contributed by atoms with van der Waals surface area (Å²) < 4.78 is 1.78. The molecule has 2 aromatic rings. The number of hydrogen-bond donors (Lipinski definition) is 0. The molecule has 5 heteroatoms. The van der Waals surface area contributed by atoms with Crippen molar-refractivity contribution < 1.29 is 0 Å². The van der Waals surface area contributed by atoms with E-state index >= 15 is 0 Å². The lowest BCUT2D eigenvalue weighted by Crippen LogP contribution is -2.13. The number of benzene rings is 1. The molecule has 0 aliphatic heterocycles. The minimum absolute atomic E-state index is 0.111. The Morgan fingerprint density at radius 3 is 2.78 bits per heavy atom. The summed E-state index contributed by atoms with van der Waals surface area (Å²) in [5.74, 6) is 0. The van der Waals surface area contributed by atoms with E-state index in [1.165, 1.54) is 12.3 Å². The van der Waals surface area contributed by atoms with Crippen molar-refractivity contribution in [2.75, 3.05) is 0 Å². The third-order valence-corrected chi connectivity index (χ3v) is 3.28. The van der Waals surface area contributed by atoms with Crippen LogP contribution in [0.15, 0.2) is 41.3 Å². The Balaban J connectivity index is 2.70. The lowest BCUT2D eigenvalue weighted by Gasteiger charge is -2.12. The summed E-state index contributed by atoms with van der Waals surface area (Å²) in [4.78, 5) is 11.6. The summed E-state index contributed by atoms with van der Waals surface area (Å²) in [5.41, 5.74) is 1.42. The van der Waals surface area contributed by atoms with Crippen LogP contribution >= 0.6 is 27.5 Å². The van der Waals surface area contributed by atoms with Crippen LogP contribution in [0.5, 0.6) is 0 Å². The van der Waals surface area contributed by atoms with Crippen LogP contribution in [0, 0.1) is 11.3 Å². The van der Waals surface area contributed by atoms with E-state index in [-0.39, 0.29) is 11.0 Å². The minimum atomic E-state index is -0.273. The van der Waals surface area contributed by atoms with Crippen molar-refractivity contribution in [2.45, 2.75) is 5.33 Å². The summed E-state index contributed by atoms with van der Waals surface area (Å²) in [6.07, 6.45) is 1.53. The van der Waals surface area contributed by atoms with Gasteiger partial charge in [-0.3, -0.25) is 4.79 Å². The van der Waals surface area contributed by atoms with Gasteiger partial charge >= 0.3 is 0 Å². The number of rotatable bonds is 2. The molecular weight excluding hydrogens is 316 g/mol. The molecule has 3 nitrogen and oxygen atoms in total. The normalized spacial score (nSPS) is 10.1. The fourth-order valence-corrected chi connectivity index (χ4v) is 2.24. The van der Waals surface area contributed by atoms with Crippen molar-refractivity contribution in [2.24, 2.45) is 0 Å². The fourth-order valence-electron chi connectivity index (χ4n) is 1.63. The fraction of sp³-hybridized carbons (Fsp3) is 0.0769. The van der Waals surface area contributed by atoms with Crippen molar-refractivity contribution in [3.63, 3.8) is 0 Å². The molecule has 0 saturated heterocycles. The summed E-state index contributed by atoms with van der Waals surface area (Å²) in [6, 6.07) is 10.6. The molecule has 0 bridgehead atoms. The zero-order valence-corrected chi connectivity index (χ0v) is 11.6. The Bertz CT molecular complexity index is 688. The van der Waals surface area contributed by atoms with E-state index in [1.54, 1.807) is 16.7 Å². The molecule has 18 heavy (non-hydrogen) atoms. The molecule has 0 saturated carbocycles. The van der Waals surface area contributed by atoms with Gasteiger partial charge in [-0.25, -0.2) is 0 Å². The predicted molar refractivity (Wildman–Crippen MR) is 74.4 cm³/mol. The maximum atomic E-state index is 11.6. The van der Waals surface area contributed by atoms with Crippen LogP contribution in [-0.2, 0) is 5.33 Å². The highest BCUT2D eigenvalue weighted by atomic mass is 79.9. The Hall–Kier alpha value is -1.57. The second-order valence-corrected chi connectivity index (χ2v) is 4.64. The zero-order valence-electron chi connectivity index (χ0n) is 9.23. The van der Waals surface area contributed by atoms with E-state index in [9.17, 15) is 4.79 Å². The molecule has 1 heterocycles. The van der Waals surface area contributed by atoms with Gasteiger partial charge in [0.25, 0.3) is 0 Å². The lowest BCUT2D eigenvalue weighted by atomic mass is 10.2. The highest BCUT2D eigenvalue weighted by Gasteiger charge is 2.07. The topological polar surface area (TPSA) is 45.8 Å². The SMILES string of the molecule is N#Cc1cn(-c2cccc(Cl)c2)c(CBr)cc1=O. The summed E-state index contributed by atoms with van der Waals surface area (Å²) >= 11 is 9.27. The van der Waals surface area contributed by atoms with Crippen LogP contribution in [0.4, 0.5) is 0 Å². The Morgan fingerprint density at radius 1 is 1.39 bits per heavy atom.